The number of nitrogens with zero attached hydrogens (tertiary/aromatic N) is 2. The molecule has 1 aliphatic heterocycles. The van der Waals surface area contributed by atoms with Gasteiger partial charge in [-0.1, -0.05) is 12.8 Å². The number of benzene rings is 1. The Balaban J connectivity index is 1.87. The molecule has 0 bridgehead atoms. The molecule has 1 aromatic carbocycles. The largest absolute Gasteiger partial charge is 0.497 e. The Labute approximate surface area is 114 Å². The van der Waals surface area contributed by atoms with Crippen LogP contribution >= 0.6 is 0 Å². The molecule has 0 radical (unpaired) electrons. The molecule has 102 valence electrons. The van der Waals surface area contributed by atoms with Crippen LogP contribution in [0.1, 0.15) is 26.2 Å². The minimum Gasteiger partial charge on any atom is -0.497 e. The van der Waals surface area contributed by atoms with Crippen molar-refractivity contribution in [1.82, 2.24) is 0 Å². The Morgan fingerprint density at radius 2 is 2.05 bits per heavy atom. The monoisotopic (exact) mass is 259 g/mol. The zero-order chi connectivity index (χ0) is 13.5. The van der Waals surface area contributed by atoms with Gasteiger partial charge in [0.05, 0.1) is 19.2 Å². The molecule has 0 spiro atoms. The summed E-state index contributed by atoms with van der Waals surface area (Å²) in [7, 11) is 1.68. The number of aliphatic imine (C=N–C) groups is 1. The van der Waals surface area contributed by atoms with Gasteiger partial charge in [0.1, 0.15) is 5.75 Å². The third-order valence-electron chi connectivity index (χ3n) is 4.11. The van der Waals surface area contributed by atoms with Crippen molar-refractivity contribution in [2.24, 2.45) is 16.6 Å². The number of guanidine groups is 1. The normalized spacial score (nSPS) is 26.4. The fourth-order valence-electron chi connectivity index (χ4n) is 2.94. The first kappa shape index (κ1) is 12.3. The summed E-state index contributed by atoms with van der Waals surface area (Å²) >= 11 is 0. The van der Waals surface area contributed by atoms with Gasteiger partial charge in [0.2, 0.25) is 0 Å². The van der Waals surface area contributed by atoms with E-state index in [-0.39, 0.29) is 5.54 Å². The molecule has 1 aromatic rings. The van der Waals surface area contributed by atoms with E-state index in [1.165, 1.54) is 19.3 Å². The predicted molar refractivity (Wildman–Crippen MR) is 77.7 cm³/mol. The SMILES string of the molecule is COc1ccc(N2C(N)=NCC2(C)CC2CC2)cc1. The lowest BCUT2D eigenvalue weighted by Gasteiger charge is -2.36. The Morgan fingerprint density at radius 1 is 1.37 bits per heavy atom. The maximum Gasteiger partial charge on any atom is 0.196 e. The lowest BCUT2D eigenvalue weighted by Crippen LogP contribution is -2.50. The van der Waals surface area contributed by atoms with Crippen LogP contribution in [0.2, 0.25) is 0 Å². The van der Waals surface area contributed by atoms with E-state index in [4.69, 9.17) is 10.5 Å². The van der Waals surface area contributed by atoms with Gasteiger partial charge in [-0.25, -0.2) is 0 Å². The van der Waals surface area contributed by atoms with Gasteiger partial charge in [-0.15, -0.1) is 0 Å². The van der Waals surface area contributed by atoms with E-state index in [0.717, 1.165) is 23.9 Å². The molecular weight excluding hydrogens is 238 g/mol. The summed E-state index contributed by atoms with van der Waals surface area (Å²) in [5.74, 6) is 2.35. The first-order valence-electron chi connectivity index (χ1n) is 6.86. The van der Waals surface area contributed by atoms with Crippen molar-refractivity contribution in [2.75, 3.05) is 18.6 Å². The summed E-state index contributed by atoms with van der Waals surface area (Å²) in [4.78, 5) is 6.64. The number of hydrogen-bond donors (Lipinski definition) is 1. The van der Waals surface area contributed by atoms with Gasteiger partial charge in [0.25, 0.3) is 0 Å². The number of nitrogens with two attached hydrogens (primary N) is 1. The minimum absolute atomic E-state index is 0.0276. The average molecular weight is 259 g/mol. The maximum atomic E-state index is 6.10. The Kier molecular flexibility index (Phi) is 2.88. The molecule has 3 rings (SSSR count). The second-order valence-electron chi connectivity index (χ2n) is 5.85. The van der Waals surface area contributed by atoms with E-state index < -0.39 is 0 Å². The molecule has 2 N–H and O–H groups in total. The zero-order valence-electron chi connectivity index (χ0n) is 11.6. The van der Waals surface area contributed by atoms with Gasteiger partial charge in [0.15, 0.2) is 5.96 Å². The summed E-state index contributed by atoms with van der Waals surface area (Å²) in [6.45, 7) is 3.06. The molecule has 4 nitrogen and oxygen atoms in total. The van der Waals surface area contributed by atoms with Crippen LogP contribution in [-0.4, -0.2) is 25.2 Å². The molecular formula is C15H21N3O. The Hall–Kier alpha value is -1.71. The lowest BCUT2D eigenvalue weighted by molar-refractivity contribution is 0.414. The molecule has 1 saturated carbocycles. The van der Waals surface area contributed by atoms with Crippen LogP contribution in [0.4, 0.5) is 5.69 Å². The van der Waals surface area contributed by atoms with Crippen LogP contribution in [-0.2, 0) is 0 Å². The molecule has 0 aromatic heterocycles. The molecule has 0 amide bonds. The minimum atomic E-state index is 0.0276. The van der Waals surface area contributed by atoms with Gasteiger partial charge in [0, 0.05) is 5.69 Å². The van der Waals surface area contributed by atoms with Crippen molar-refractivity contribution in [3.63, 3.8) is 0 Å². The number of ether oxygens (including phenoxy) is 1. The highest BCUT2D eigenvalue weighted by Crippen LogP contribution is 2.42. The van der Waals surface area contributed by atoms with E-state index in [1.54, 1.807) is 7.11 Å². The van der Waals surface area contributed by atoms with Crippen molar-refractivity contribution in [3.05, 3.63) is 24.3 Å². The maximum absolute atomic E-state index is 6.10. The van der Waals surface area contributed by atoms with Crippen molar-refractivity contribution in [3.8, 4) is 5.75 Å². The first-order valence-corrected chi connectivity index (χ1v) is 6.86. The molecule has 1 aliphatic carbocycles. The third kappa shape index (κ3) is 2.27. The summed E-state index contributed by atoms with van der Waals surface area (Å²) in [6, 6.07) is 8.05. The summed E-state index contributed by atoms with van der Waals surface area (Å²) < 4.78 is 5.21. The Morgan fingerprint density at radius 3 is 2.63 bits per heavy atom. The number of methoxy groups -OCH3 is 1. The molecule has 1 heterocycles. The predicted octanol–water partition coefficient (Wildman–Crippen LogP) is 2.39. The second-order valence-corrected chi connectivity index (χ2v) is 5.85. The van der Waals surface area contributed by atoms with E-state index in [9.17, 15) is 0 Å². The molecule has 1 unspecified atom stereocenters. The molecule has 1 atom stereocenters. The van der Waals surface area contributed by atoms with Crippen molar-refractivity contribution in [1.29, 1.82) is 0 Å². The average Bonchev–Trinajstić information content (AvgIpc) is 3.16. The van der Waals surface area contributed by atoms with Crippen molar-refractivity contribution >= 4 is 11.6 Å². The molecule has 4 heteroatoms. The van der Waals surface area contributed by atoms with Gasteiger partial charge in [-0.05, 0) is 43.5 Å². The van der Waals surface area contributed by atoms with Crippen LogP contribution in [0.3, 0.4) is 0 Å². The topological polar surface area (TPSA) is 50.9 Å². The van der Waals surface area contributed by atoms with Crippen LogP contribution < -0.4 is 15.4 Å². The summed E-state index contributed by atoms with van der Waals surface area (Å²) in [6.07, 6.45) is 3.88. The van der Waals surface area contributed by atoms with E-state index in [0.29, 0.717) is 5.96 Å². The van der Waals surface area contributed by atoms with E-state index in [1.807, 2.05) is 12.1 Å². The van der Waals surface area contributed by atoms with E-state index >= 15 is 0 Å². The van der Waals surface area contributed by atoms with Gasteiger partial charge in [-0.3, -0.25) is 4.99 Å². The molecule has 0 saturated heterocycles. The van der Waals surface area contributed by atoms with Gasteiger partial charge in [-0.2, -0.15) is 0 Å². The van der Waals surface area contributed by atoms with Crippen molar-refractivity contribution in [2.45, 2.75) is 31.7 Å². The first-order chi connectivity index (χ1) is 9.12. The highest BCUT2D eigenvalue weighted by atomic mass is 16.5. The lowest BCUT2D eigenvalue weighted by atomic mass is 9.93. The molecule has 19 heavy (non-hydrogen) atoms. The Bertz CT molecular complexity index is 493. The fraction of sp³-hybridized carbons (Fsp3) is 0.533. The quantitative estimate of drug-likeness (QED) is 0.903. The van der Waals surface area contributed by atoms with Crippen molar-refractivity contribution < 1.29 is 4.74 Å². The van der Waals surface area contributed by atoms with Crippen LogP contribution in [0.5, 0.6) is 5.75 Å². The standard InChI is InChI=1S/C15H21N3O/c1-15(9-11-3-4-11)10-17-14(16)18(15)12-5-7-13(19-2)8-6-12/h5-8,11H,3-4,9-10H2,1-2H3,(H2,16,17). The highest BCUT2D eigenvalue weighted by molar-refractivity contribution is 5.98. The third-order valence-corrected chi connectivity index (χ3v) is 4.11. The van der Waals surface area contributed by atoms with E-state index in [2.05, 4.69) is 28.9 Å². The van der Waals surface area contributed by atoms with Crippen LogP contribution in [0, 0.1) is 5.92 Å². The number of hydrogen-bond acceptors (Lipinski definition) is 4. The van der Waals surface area contributed by atoms with Crippen LogP contribution in [0.25, 0.3) is 0 Å². The van der Waals surface area contributed by atoms with Gasteiger partial charge < -0.3 is 15.4 Å². The number of anilines is 1. The smallest absolute Gasteiger partial charge is 0.196 e. The van der Waals surface area contributed by atoms with Gasteiger partial charge >= 0.3 is 0 Å². The number of rotatable bonds is 4. The second kappa shape index (κ2) is 4.44. The summed E-state index contributed by atoms with van der Waals surface area (Å²) in [5.41, 5.74) is 7.23. The highest BCUT2D eigenvalue weighted by Gasteiger charge is 2.42. The summed E-state index contributed by atoms with van der Waals surface area (Å²) in [5, 5.41) is 0. The fourth-order valence-corrected chi connectivity index (χ4v) is 2.94. The molecule has 2 aliphatic rings. The van der Waals surface area contributed by atoms with Crippen LogP contribution in [0.15, 0.2) is 29.3 Å². The zero-order valence-corrected chi connectivity index (χ0v) is 11.6. The molecule has 1 fully saturated rings.